The zero-order valence-electron chi connectivity index (χ0n) is 10.7. The van der Waals surface area contributed by atoms with Crippen molar-refractivity contribution in [1.82, 2.24) is 0 Å². The first kappa shape index (κ1) is 14.5. The van der Waals surface area contributed by atoms with Gasteiger partial charge in [0.05, 0.1) is 0 Å². The molecule has 0 unspecified atom stereocenters. The molecule has 0 saturated carbocycles. The third-order valence-electron chi connectivity index (χ3n) is 2.86. The van der Waals surface area contributed by atoms with Crippen LogP contribution in [0.15, 0.2) is 63.7 Å². The van der Waals surface area contributed by atoms with Crippen molar-refractivity contribution in [3.8, 4) is 0 Å². The highest BCUT2D eigenvalue weighted by atomic mass is 127. The van der Waals surface area contributed by atoms with E-state index in [9.17, 15) is 4.79 Å². The maximum Gasteiger partial charge on any atom is 0.363 e. The van der Waals surface area contributed by atoms with Crippen molar-refractivity contribution in [2.75, 3.05) is 0 Å². The van der Waals surface area contributed by atoms with Crippen LogP contribution < -0.4 is 0 Å². The monoisotopic (exact) mass is 453 g/mol. The Bertz CT molecular complexity index is 766. The maximum atomic E-state index is 11.9. The van der Waals surface area contributed by atoms with Gasteiger partial charge in [-0.2, -0.15) is 0 Å². The number of rotatable bonds is 2. The zero-order valence-corrected chi connectivity index (χ0v) is 14.5. The van der Waals surface area contributed by atoms with Gasteiger partial charge in [-0.1, -0.05) is 28.1 Å². The third kappa shape index (κ3) is 3.41. The second kappa shape index (κ2) is 6.11. The molecule has 3 rings (SSSR count). The summed E-state index contributed by atoms with van der Waals surface area (Å²) in [6.07, 6.45) is 1.72. The molecule has 0 radical (unpaired) electrons. The molecule has 2 aromatic rings. The van der Waals surface area contributed by atoms with Crippen molar-refractivity contribution < 1.29 is 9.53 Å². The maximum absolute atomic E-state index is 11.9. The third-order valence-corrected chi connectivity index (χ3v) is 4.08. The lowest BCUT2D eigenvalue weighted by atomic mass is 10.2. The molecule has 0 saturated heterocycles. The lowest BCUT2D eigenvalue weighted by molar-refractivity contribution is -0.129. The van der Waals surface area contributed by atoms with Gasteiger partial charge in [-0.05, 0) is 70.6 Å². The lowest BCUT2D eigenvalue weighted by Crippen LogP contribution is -2.05. The van der Waals surface area contributed by atoms with Gasteiger partial charge >= 0.3 is 5.97 Å². The molecule has 0 amide bonds. The Morgan fingerprint density at radius 1 is 1.14 bits per heavy atom. The van der Waals surface area contributed by atoms with E-state index in [1.807, 2.05) is 48.5 Å². The van der Waals surface area contributed by atoms with Crippen molar-refractivity contribution in [1.29, 1.82) is 0 Å². The molecule has 1 heterocycles. The van der Waals surface area contributed by atoms with Crippen LogP contribution in [0.2, 0.25) is 0 Å². The summed E-state index contributed by atoms with van der Waals surface area (Å²) in [5.74, 6) is -0.0822. The Balaban J connectivity index is 1.93. The van der Waals surface area contributed by atoms with E-state index in [0.717, 1.165) is 19.2 Å². The van der Waals surface area contributed by atoms with Gasteiger partial charge in [-0.3, -0.25) is 0 Å². The minimum absolute atomic E-state index is 0.307. The van der Waals surface area contributed by atoms with E-state index < -0.39 is 5.97 Å². The quantitative estimate of drug-likeness (QED) is 0.384. The van der Waals surface area contributed by atoms with Crippen molar-refractivity contribution in [2.24, 2.45) is 4.99 Å². The van der Waals surface area contributed by atoms with Crippen molar-refractivity contribution in [3.05, 3.63) is 73.4 Å². The van der Waals surface area contributed by atoms with Crippen LogP contribution in [-0.2, 0) is 9.53 Å². The van der Waals surface area contributed by atoms with Gasteiger partial charge in [0.15, 0.2) is 5.70 Å². The van der Waals surface area contributed by atoms with Crippen molar-refractivity contribution >= 4 is 56.5 Å². The molecular weight excluding hydrogens is 445 g/mol. The molecule has 21 heavy (non-hydrogen) atoms. The fourth-order valence-electron chi connectivity index (χ4n) is 1.88. The number of hydrogen-bond donors (Lipinski definition) is 0. The van der Waals surface area contributed by atoms with Gasteiger partial charge in [0.1, 0.15) is 0 Å². The molecule has 1 aliphatic rings. The van der Waals surface area contributed by atoms with E-state index in [-0.39, 0.29) is 0 Å². The smallest absolute Gasteiger partial charge is 0.363 e. The summed E-state index contributed by atoms with van der Waals surface area (Å²) in [5, 5.41) is 0. The molecule has 0 aromatic heterocycles. The number of aliphatic imine (C=N–C) groups is 1. The van der Waals surface area contributed by atoms with Gasteiger partial charge in [0.25, 0.3) is 0 Å². The number of halogens is 2. The summed E-state index contributed by atoms with van der Waals surface area (Å²) in [4.78, 5) is 16.2. The first-order chi connectivity index (χ1) is 10.1. The predicted octanol–water partition coefficient (Wildman–Crippen LogP) is 4.40. The second-order valence-electron chi connectivity index (χ2n) is 4.40. The number of benzene rings is 2. The molecule has 1 aliphatic heterocycles. The van der Waals surface area contributed by atoms with Crippen LogP contribution in [0.3, 0.4) is 0 Å². The number of hydrogen-bond acceptors (Lipinski definition) is 3. The summed E-state index contributed by atoms with van der Waals surface area (Å²) >= 11 is 5.62. The molecule has 0 atom stereocenters. The average Bonchev–Trinajstić information content (AvgIpc) is 2.81. The fraction of sp³-hybridized carbons (Fsp3) is 0. The number of ether oxygens (including phenoxy) is 1. The molecule has 104 valence electrons. The molecule has 0 bridgehead atoms. The van der Waals surface area contributed by atoms with Crippen molar-refractivity contribution in [3.63, 3.8) is 0 Å². The number of nitrogens with zero attached hydrogens (tertiary/aromatic N) is 1. The predicted molar refractivity (Wildman–Crippen MR) is 93.9 cm³/mol. The zero-order chi connectivity index (χ0) is 14.8. The molecule has 5 heteroatoms. The van der Waals surface area contributed by atoms with E-state index in [4.69, 9.17) is 4.74 Å². The fourth-order valence-corrected chi connectivity index (χ4v) is 2.66. The van der Waals surface area contributed by atoms with Gasteiger partial charge < -0.3 is 4.74 Å². The summed E-state index contributed by atoms with van der Waals surface area (Å²) in [6.45, 7) is 0. The summed E-state index contributed by atoms with van der Waals surface area (Å²) < 4.78 is 7.30. The van der Waals surface area contributed by atoms with Crippen LogP contribution in [0.5, 0.6) is 0 Å². The summed E-state index contributed by atoms with van der Waals surface area (Å²) in [5.41, 5.74) is 1.99. The Labute approximate surface area is 144 Å². The Morgan fingerprint density at radius 2 is 1.90 bits per heavy atom. The van der Waals surface area contributed by atoms with Crippen LogP contribution >= 0.6 is 38.5 Å². The Morgan fingerprint density at radius 3 is 2.62 bits per heavy atom. The number of cyclic esters (lactones) is 1. The van der Waals surface area contributed by atoms with Crippen LogP contribution in [0.25, 0.3) is 6.08 Å². The number of carbonyl (C=O) groups excluding carboxylic acids is 1. The van der Waals surface area contributed by atoms with Crippen LogP contribution in [0.1, 0.15) is 11.1 Å². The first-order valence-corrected chi connectivity index (χ1v) is 8.03. The van der Waals surface area contributed by atoms with Crippen molar-refractivity contribution in [2.45, 2.75) is 0 Å². The lowest BCUT2D eigenvalue weighted by Gasteiger charge is -1.98. The minimum atomic E-state index is -0.427. The van der Waals surface area contributed by atoms with Gasteiger partial charge in [-0.25, -0.2) is 9.79 Å². The van der Waals surface area contributed by atoms with Crippen LogP contribution in [0, 0.1) is 3.57 Å². The molecule has 2 aromatic carbocycles. The second-order valence-corrected chi connectivity index (χ2v) is 6.56. The highest BCUT2D eigenvalue weighted by Gasteiger charge is 2.23. The van der Waals surface area contributed by atoms with Gasteiger partial charge in [0.2, 0.25) is 5.90 Å². The topological polar surface area (TPSA) is 38.7 Å². The number of esters is 1. The minimum Gasteiger partial charge on any atom is -0.402 e. The van der Waals surface area contributed by atoms with E-state index in [2.05, 4.69) is 43.5 Å². The highest BCUT2D eigenvalue weighted by Crippen LogP contribution is 2.21. The van der Waals surface area contributed by atoms with E-state index in [1.165, 1.54) is 0 Å². The van der Waals surface area contributed by atoms with E-state index in [1.54, 1.807) is 6.08 Å². The summed E-state index contributed by atoms with van der Waals surface area (Å²) in [7, 11) is 0. The van der Waals surface area contributed by atoms with E-state index >= 15 is 0 Å². The SMILES string of the molecule is O=C1OC(c2ccc(I)cc2)=NC1=Cc1cccc(Br)c1. The largest absolute Gasteiger partial charge is 0.402 e. The highest BCUT2D eigenvalue weighted by molar-refractivity contribution is 14.1. The van der Waals surface area contributed by atoms with E-state index in [0.29, 0.717) is 11.6 Å². The van der Waals surface area contributed by atoms with Crippen LogP contribution in [-0.4, -0.2) is 11.9 Å². The average molecular weight is 454 g/mol. The van der Waals surface area contributed by atoms with Crippen LogP contribution in [0.4, 0.5) is 0 Å². The normalized spacial score (nSPS) is 16.0. The Hall–Kier alpha value is -1.47. The number of carbonyl (C=O) groups is 1. The molecule has 0 spiro atoms. The standard InChI is InChI=1S/C16H9BrINO2/c17-12-3-1-2-10(8-12)9-14-16(20)21-15(19-14)11-4-6-13(18)7-5-11/h1-9H. The Kier molecular flexibility index (Phi) is 4.21. The molecule has 0 aliphatic carbocycles. The summed E-state index contributed by atoms with van der Waals surface area (Å²) in [6, 6.07) is 15.3. The molecule has 3 nitrogen and oxygen atoms in total. The van der Waals surface area contributed by atoms with Gasteiger partial charge in [-0.15, -0.1) is 0 Å². The van der Waals surface area contributed by atoms with Gasteiger partial charge in [0, 0.05) is 13.6 Å². The molecule has 0 fully saturated rings. The molecular formula is C16H9BrINO2. The first-order valence-electron chi connectivity index (χ1n) is 6.16. The molecule has 0 N–H and O–H groups in total.